The van der Waals surface area contributed by atoms with Crippen molar-refractivity contribution in [3.8, 4) is 0 Å². The normalized spacial score (nSPS) is 24.6. The van der Waals surface area contributed by atoms with Crippen LogP contribution in [0.4, 0.5) is 9.59 Å². The summed E-state index contributed by atoms with van der Waals surface area (Å²) in [5, 5.41) is 2.72. The number of hydrogen-bond acceptors (Lipinski definition) is 12. The highest BCUT2D eigenvalue weighted by Gasteiger charge is 2.48. The zero-order valence-electron chi connectivity index (χ0n) is 29.1. The average Bonchev–Trinajstić information content (AvgIpc) is 3.43. The highest BCUT2D eigenvalue weighted by molar-refractivity contribution is 7.09. The number of esters is 1. The summed E-state index contributed by atoms with van der Waals surface area (Å²) in [6.07, 6.45) is -2.63. The number of thiazole rings is 1. The number of nitrogens with zero attached hydrogens (tertiary/aromatic N) is 1. The Balaban J connectivity index is 2.59. The second-order valence-electron chi connectivity index (χ2n) is 12.8. The Morgan fingerprint density at radius 1 is 0.961 bits per heavy atom. The van der Waals surface area contributed by atoms with Crippen LogP contribution in [-0.2, 0) is 38.1 Å². The SMILES string of the molecule is CC1=CC[C@@H](C(C)=Cc2csc(C)n2)OC(=O)C[C@H](OC(=O)OCC(Cl)(Cl)Cl)C(C)(C)C(=O)[C@H](C)[C@@H](OC(=O)OCC(Cl)(Cl)Cl)[C@H](C)C(=O)CC1. The van der Waals surface area contributed by atoms with Gasteiger partial charge in [-0.25, -0.2) is 14.6 Å². The molecule has 0 unspecified atom stereocenters. The van der Waals surface area contributed by atoms with Gasteiger partial charge in [0.2, 0.25) is 7.59 Å². The molecule has 2 heterocycles. The molecular formula is C33H41Cl6NO10S. The van der Waals surface area contributed by atoms with Gasteiger partial charge in [-0.2, -0.15) is 0 Å². The molecule has 0 aliphatic carbocycles. The van der Waals surface area contributed by atoms with Crippen molar-refractivity contribution in [1.29, 1.82) is 0 Å². The number of aryl methyl sites for hydroxylation is 1. The van der Waals surface area contributed by atoms with E-state index in [1.54, 1.807) is 13.0 Å². The fourth-order valence-corrected chi connectivity index (χ4v) is 6.05. The first kappa shape index (κ1) is 45.4. The maximum atomic E-state index is 14.3. The van der Waals surface area contributed by atoms with Gasteiger partial charge in [-0.1, -0.05) is 95.1 Å². The first-order valence-corrected chi connectivity index (χ1v) is 18.9. The summed E-state index contributed by atoms with van der Waals surface area (Å²) in [6, 6.07) is 0. The second-order valence-corrected chi connectivity index (χ2v) is 18.9. The summed E-state index contributed by atoms with van der Waals surface area (Å²) >= 11 is 35.7. The number of ether oxygens (including phenoxy) is 5. The lowest BCUT2D eigenvalue weighted by Crippen LogP contribution is -2.49. The van der Waals surface area contributed by atoms with Gasteiger partial charge in [-0.05, 0) is 52.7 Å². The molecule has 0 amide bonds. The zero-order valence-corrected chi connectivity index (χ0v) is 34.4. The lowest BCUT2D eigenvalue weighted by atomic mass is 9.72. The van der Waals surface area contributed by atoms with Crippen LogP contribution in [0.15, 0.2) is 22.6 Å². The van der Waals surface area contributed by atoms with Crippen LogP contribution in [0, 0.1) is 24.2 Å². The van der Waals surface area contributed by atoms with Crippen LogP contribution in [0.2, 0.25) is 0 Å². The summed E-state index contributed by atoms with van der Waals surface area (Å²) < 4.78 is 22.9. The van der Waals surface area contributed by atoms with Crippen molar-refractivity contribution in [2.45, 2.75) is 100 Å². The van der Waals surface area contributed by atoms with Gasteiger partial charge in [0.1, 0.15) is 43.1 Å². The van der Waals surface area contributed by atoms with E-state index in [1.807, 2.05) is 25.3 Å². The fourth-order valence-electron chi connectivity index (χ4n) is 5.15. The Morgan fingerprint density at radius 2 is 1.53 bits per heavy atom. The molecule has 0 aromatic carbocycles. The molecule has 51 heavy (non-hydrogen) atoms. The third kappa shape index (κ3) is 15.6. The maximum Gasteiger partial charge on any atom is 0.508 e. The smallest absolute Gasteiger partial charge is 0.457 e. The third-order valence-electron chi connectivity index (χ3n) is 8.12. The van der Waals surface area contributed by atoms with Crippen molar-refractivity contribution < 1.29 is 47.7 Å². The molecule has 18 heteroatoms. The Kier molecular flexibility index (Phi) is 17.3. The van der Waals surface area contributed by atoms with Crippen molar-refractivity contribution in [1.82, 2.24) is 4.98 Å². The minimum Gasteiger partial charge on any atom is -0.457 e. The van der Waals surface area contributed by atoms with Crippen LogP contribution < -0.4 is 0 Å². The average molecular weight is 856 g/mol. The summed E-state index contributed by atoms with van der Waals surface area (Å²) in [5.74, 6) is -4.00. The molecule has 1 aromatic rings. The van der Waals surface area contributed by atoms with Crippen LogP contribution in [0.25, 0.3) is 6.08 Å². The van der Waals surface area contributed by atoms with Gasteiger partial charge in [0.05, 0.1) is 34.4 Å². The Bertz CT molecular complexity index is 1480. The predicted molar refractivity (Wildman–Crippen MR) is 198 cm³/mol. The Hall–Kier alpha value is -1.80. The van der Waals surface area contributed by atoms with E-state index in [9.17, 15) is 24.0 Å². The molecule has 5 atom stereocenters. The van der Waals surface area contributed by atoms with E-state index in [0.29, 0.717) is 17.7 Å². The summed E-state index contributed by atoms with van der Waals surface area (Å²) in [7, 11) is 0. The number of aromatic nitrogens is 1. The fraction of sp³-hybridized carbons (Fsp3) is 0.636. The topological polar surface area (TPSA) is 144 Å². The van der Waals surface area contributed by atoms with Crippen LogP contribution in [0.5, 0.6) is 0 Å². The zero-order chi connectivity index (χ0) is 38.9. The number of halogens is 6. The quantitative estimate of drug-likeness (QED) is 0.117. The minimum absolute atomic E-state index is 0.0367. The van der Waals surface area contributed by atoms with E-state index < -0.39 is 86.8 Å². The molecule has 1 aliphatic heterocycles. The number of allylic oxidation sites excluding steroid dienone is 1. The van der Waals surface area contributed by atoms with Crippen molar-refractivity contribution in [2.24, 2.45) is 17.3 Å². The highest BCUT2D eigenvalue weighted by atomic mass is 35.6. The number of ketones is 2. The molecule has 1 aromatic heterocycles. The molecule has 0 saturated heterocycles. The highest BCUT2D eigenvalue weighted by Crippen LogP contribution is 2.36. The van der Waals surface area contributed by atoms with Crippen molar-refractivity contribution in [3.63, 3.8) is 0 Å². The van der Waals surface area contributed by atoms with E-state index in [1.165, 1.54) is 39.0 Å². The molecule has 1 aliphatic rings. The van der Waals surface area contributed by atoms with Crippen LogP contribution >= 0.6 is 80.9 Å². The van der Waals surface area contributed by atoms with E-state index in [0.717, 1.165) is 10.6 Å². The van der Waals surface area contributed by atoms with Gasteiger partial charge in [-0.15, -0.1) is 11.3 Å². The number of carbonyl (C=O) groups excluding carboxylic acids is 5. The number of carbonyl (C=O) groups is 5. The van der Waals surface area contributed by atoms with E-state index in [4.69, 9.17) is 93.3 Å². The van der Waals surface area contributed by atoms with Crippen LogP contribution in [0.1, 0.15) is 77.9 Å². The molecule has 0 radical (unpaired) electrons. The molecule has 0 fully saturated rings. The first-order valence-electron chi connectivity index (χ1n) is 15.7. The van der Waals surface area contributed by atoms with Gasteiger partial charge in [-0.3, -0.25) is 14.4 Å². The van der Waals surface area contributed by atoms with Crippen LogP contribution in [-0.4, -0.2) is 73.9 Å². The lowest BCUT2D eigenvalue weighted by molar-refractivity contribution is -0.155. The largest absolute Gasteiger partial charge is 0.508 e. The monoisotopic (exact) mass is 853 g/mol. The van der Waals surface area contributed by atoms with Gasteiger partial charge in [0.25, 0.3) is 0 Å². The standard InChI is InChI=1S/C33H41Cl6NO10S/c1-17-8-10-23(41)19(3)27(50-30(45)47-16-33(37,38)39)20(4)28(43)31(6,7)25(49-29(44)46-15-32(34,35)36)13-26(42)48-24(11-9-17)18(2)12-22-14-51-21(5)40-22/h9,12,14,19-20,24-25,27H,8,10-11,13,15-16H2,1-7H3/t19-,20-,24+,25+,27+/m1/s1. The summed E-state index contributed by atoms with van der Waals surface area (Å²) in [4.78, 5) is 71.4. The number of Topliss-reactive ketones (excluding diaryl/α,β-unsaturated/α-hetero) is 2. The van der Waals surface area contributed by atoms with E-state index >= 15 is 0 Å². The molecule has 11 nitrogen and oxygen atoms in total. The molecule has 0 N–H and O–H groups in total. The van der Waals surface area contributed by atoms with Crippen molar-refractivity contribution in [2.75, 3.05) is 13.2 Å². The molecule has 2 rings (SSSR count). The lowest BCUT2D eigenvalue weighted by Gasteiger charge is -2.37. The third-order valence-corrected chi connectivity index (χ3v) is 9.56. The molecule has 286 valence electrons. The Labute approximate surface area is 331 Å². The number of rotatable bonds is 6. The molecular weight excluding hydrogens is 815 g/mol. The maximum absolute atomic E-state index is 14.3. The van der Waals surface area contributed by atoms with Gasteiger partial charge >= 0.3 is 18.3 Å². The Morgan fingerprint density at radius 3 is 2.06 bits per heavy atom. The van der Waals surface area contributed by atoms with Crippen LogP contribution in [0.3, 0.4) is 0 Å². The summed E-state index contributed by atoms with van der Waals surface area (Å²) in [6.45, 7) is 9.88. The number of cyclic esters (lactones) is 1. The summed E-state index contributed by atoms with van der Waals surface area (Å²) in [5.41, 5.74) is 0.498. The first-order chi connectivity index (χ1) is 23.4. The molecule has 0 saturated carbocycles. The number of alkyl halides is 6. The molecule has 0 bridgehead atoms. The van der Waals surface area contributed by atoms with Gasteiger partial charge in [0.15, 0.2) is 0 Å². The van der Waals surface area contributed by atoms with Crippen molar-refractivity contribution >= 4 is 117 Å². The van der Waals surface area contributed by atoms with Gasteiger partial charge in [0, 0.05) is 18.2 Å². The van der Waals surface area contributed by atoms with E-state index in [-0.39, 0.29) is 18.6 Å². The number of hydrogen-bond donors (Lipinski definition) is 0. The van der Waals surface area contributed by atoms with E-state index in [2.05, 4.69) is 4.98 Å². The van der Waals surface area contributed by atoms with Crippen molar-refractivity contribution in [3.05, 3.63) is 33.3 Å². The van der Waals surface area contributed by atoms with Gasteiger partial charge < -0.3 is 23.7 Å². The predicted octanol–water partition coefficient (Wildman–Crippen LogP) is 9.51. The second kappa shape index (κ2) is 19.5. The minimum atomic E-state index is -1.98. The molecule has 0 spiro atoms.